The summed E-state index contributed by atoms with van der Waals surface area (Å²) >= 11 is 0. The number of hydrogen-bond acceptors (Lipinski definition) is 7. The Kier molecular flexibility index (Phi) is 5.87. The molecule has 29 heavy (non-hydrogen) atoms. The zero-order valence-electron chi connectivity index (χ0n) is 15.8. The van der Waals surface area contributed by atoms with Gasteiger partial charge in [0.2, 0.25) is 11.8 Å². The second-order valence-corrected chi connectivity index (χ2v) is 8.68. The molecule has 0 saturated carbocycles. The number of aromatic nitrogens is 2. The fraction of sp³-hybridized carbons (Fsp3) is 0.389. The SMILES string of the molecule is Cc1c(Oc2ccc(S(C)(=O)=O)cc2F)ncnc1OC1CCN(C(=O)O)CC1. The number of likely N-dealkylation sites (tertiary alicyclic amines) is 1. The molecule has 2 heterocycles. The van der Waals surface area contributed by atoms with Gasteiger partial charge in [-0.25, -0.2) is 27.6 Å². The van der Waals surface area contributed by atoms with E-state index in [0.29, 0.717) is 31.5 Å². The molecule has 9 nitrogen and oxygen atoms in total. The standard InChI is InChI=1S/C18H20FN3O6S/c1-11-16(27-12-5-7-22(8-6-12)18(23)24)20-10-21-17(11)28-15-4-3-13(9-14(15)19)29(2,25)26/h3-4,9-10,12H,5-8H2,1-2H3,(H,23,24). The minimum atomic E-state index is -3.54. The molecular weight excluding hydrogens is 405 g/mol. The quantitative estimate of drug-likeness (QED) is 0.777. The van der Waals surface area contributed by atoms with Gasteiger partial charge in [-0.1, -0.05) is 0 Å². The van der Waals surface area contributed by atoms with Crippen LogP contribution in [0.2, 0.25) is 0 Å². The van der Waals surface area contributed by atoms with E-state index in [1.54, 1.807) is 6.92 Å². The van der Waals surface area contributed by atoms with E-state index >= 15 is 0 Å². The van der Waals surface area contributed by atoms with Crippen LogP contribution in [-0.4, -0.2) is 59.9 Å². The van der Waals surface area contributed by atoms with Gasteiger partial charge in [0, 0.05) is 32.2 Å². The number of sulfone groups is 1. The first-order valence-corrected chi connectivity index (χ1v) is 10.7. The van der Waals surface area contributed by atoms with Gasteiger partial charge in [0.1, 0.15) is 12.4 Å². The van der Waals surface area contributed by atoms with Crippen molar-refractivity contribution in [2.24, 2.45) is 0 Å². The Morgan fingerprint density at radius 1 is 1.24 bits per heavy atom. The van der Waals surface area contributed by atoms with E-state index in [2.05, 4.69) is 9.97 Å². The number of nitrogens with zero attached hydrogens (tertiary/aromatic N) is 3. The van der Waals surface area contributed by atoms with Gasteiger partial charge in [0.05, 0.1) is 10.5 Å². The van der Waals surface area contributed by atoms with Gasteiger partial charge < -0.3 is 19.5 Å². The van der Waals surface area contributed by atoms with E-state index in [9.17, 15) is 17.6 Å². The zero-order chi connectivity index (χ0) is 21.2. The summed E-state index contributed by atoms with van der Waals surface area (Å²) in [6.07, 6.45) is 2.08. The number of carbonyl (C=O) groups is 1. The molecule has 1 N–H and O–H groups in total. The van der Waals surface area contributed by atoms with Crippen molar-refractivity contribution in [2.75, 3.05) is 19.3 Å². The lowest BCUT2D eigenvalue weighted by Gasteiger charge is -2.30. The summed E-state index contributed by atoms with van der Waals surface area (Å²) in [6, 6.07) is 3.35. The number of halogens is 1. The molecule has 3 rings (SSSR count). The molecule has 11 heteroatoms. The number of amides is 1. The van der Waals surface area contributed by atoms with Gasteiger partial charge in [-0.15, -0.1) is 0 Å². The van der Waals surface area contributed by atoms with Gasteiger partial charge in [-0.3, -0.25) is 0 Å². The van der Waals surface area contributed by atoms with Crippen molar-refractivity contribution in [3.8, 4) is 17.5 Å². The Hall–Kier alpha value is -2.95. The van der Waals surface area contributed by atoms with E-state index in [4.69, 9.17) is 14.6 Å². The van der Waals surface area contributed by atoms with Crippen molar-refractivity contribution >= 4 is 15.9 Å². The largest absolute Gasteiger partial charge is 0.474 e. The summed E-state index contributed by atoms with van der Waals surface area (Å²) in [7, 11) is -3.54. The van der Waals surface area contributed by atoms with Crippen LogP contribution in [-0.2, 0) is 9.84 Å². The summed E-state index contributed by atoms with van der Waals surface area (Å²) in [5, 5.41) is 9.00. The van der Waals surface area contributed by atoms with Crippen molar-refractivity contribution in [3.05, 3.63) is 35.9 Å². The van der Waals surface area contributed by atoms with Crippen LogP contribution in [0.15, 0.2) is 29.4 Å². The lowest BCUT2D eigenvalue weighted by Crippen LogP contribution is -2.41. The Morgan fingerprint density at radius 2 is 1.90 bits per heavy atom. The van der Waals surface area contributed by atoms with Gasteiger partial charge in [-0.2, -0.15) is 0 Å². The van der Waals surface area contributed by atoms with E-state index < -0.39 is 21.7 Å². The molecular formula is C18H20FN3O6S. The minimum absolute atomic E-state index is 0.0731. The van der Waals surface area contributed by atoms with Crippen LogP contribution in [0.5, 0.6) is 17.5 Å². The molecule has 1 amide bonds. The lowest BCUT2D eigenvalue weighted by molar-refractivity contribution is 0.0864. The highest BCUT2D eigenvalue weighted by atomic mass is 32.2. The smallest absolute Gasteiger partial charge is 0.407 e. The average molecular weight is 425 g/mol. The average Bonchev–Trinajstić information content (AvgIpc) is 2.66. The Balaban J connectivity index is 1.73. The van der Waals surface area contributed by atoms with Crippen LogP contribution in [0, 0.1) is 12.7 Å². The highest BCUT2D eigenvalue weighted by Crippen LogP contribution is 2.31. The fourth-order valence-electron chi connectivity index (χ4n) is 2.86. The van der Waals surface area contributed by atoms with Crippen molar-refractivity contribution in [1.82, 2.24) is 14.9 Å². The highest BCUT2D eigenvalue weighted by molar-refractivity contribution is 7.90. The molecule has 1 aliphatic heterocycles. The predicted octanol–water partition coefficient (Wildman–Crippen LogP) is 2.64. The molecule has 0 aliphatic carbocycles. The maximum Gasteiger partial charge on any atom is 0.407 e. The molecule has 1 fully saturated rings. The predicted molar refractivity (Wildman–Crippen MR) is 99.6 cm³/mol. The van der Waals surface area contributed by atoms with Crippen molar-refractivity contribution in [3.63, 3.8) is 0 Å². The number of hydrogen-bond donors (Lipinski definition) is 1. The Labute approximate surface area is 167 Å². The summed E-state index contributed by atoms with van der Waals surface area (Å²) in [4.78, 5) is 20.2. The number of benzene rings is 1. The molecule has 0 spiro atoms. The summed E-state index contributed by atoms with van der Waals surface area (Å²) in [6.45, 7) is 2.39. The molecule has 156 valence electrons. The topological polar surface area (TPSA) is 119 Å². The number of ether oxygens (including phenoxy) is 2. The maximum atomic E-state index is 14.3. The normalized spacial score (nSPS) is 15.2. The van der Waals surface area contributed by atoms with Crippen molar-refractivity contribution in [1.29, 1.82) is 0 Å². The van der Waals surface area contributed by atoms with Crippen LogP contribution in [0.1, 0.15) is 18.4 Å². The first kappa shape index (κ1) is 20.8. The molecule has 1 aliphatic rings. The number of carboxylic acid groups (broad SMARTS) is 1. The van der Waals surface area contributed by atoms with Crippen LogP contribution >= 0.6 is 0 Å². The zero-order valence-corrected chi connectivity index (χ0v) is 16.6. The van der Waals surface area contributed by atoms with Crippen LogP contribution < -0.4 is 9.47 Å². The number of piperidine rings is 1. The first-order valence-electron chi connectivity index (χ1n) is 8.78. The lowest BCUT2D eigenvalue weighted by atomic mass is 10.1. The van der Waals surface area contributed by atoms with E-state index in [1.807, 2.05) is 0 Å². The first-order chi connectivity index (χ1) is 13.6. The van der Waals surface area contributed by atoms with Crippen LogP contribution in [0.4, 0.5) is 9.18 Å². The Bertz CT molecular complexity index is 1020. The fourth-order valence-corrected chi connectivity index (χ4v) is 3.50. The summed E-state index contributed by atoms with van der Waals surface area (Å²) in [5.41, 5.74) is 0.444. The molecule has 1 saturated heterocycles. The summed E-state index contributed by atoms with van der Waals surface area (Å²) < 4.78 is 48.7. The highest BCUT2D eigenvalue weighted by Gasteiger charge is 2.25. The third-order valence-electron chi connectivity index (χ3n) is 4.52. The van der Waals surface area contributed by atoms with Crippen LogP contribution in [0.3, 0.4) is 0 Å². The van der Waals surface area contributed by atoms with Gasteiger partial charge in [0.25, 0.3) is 0 Å². The third-order valence-corrected chi connectivity index (χ3v) is 5.63. The third kappa shape index (κ3) is 4.91. The monoisotopic (exact) mass is 425 g/mol. The van der Waals surface area contributed by atoms with E-state index in [-0.39, 0.29) is 28.5 Å². The van der Waals surface area contributed by atoms with Gasteiger partial charge in [-0.05, 0) is 25.1 Å². The minimum Gasteiger partial charge on any atom is -0.474 e. The molecule has 2 aromatic rings. The summed E-state index contributed by atoms with van der Waals surface area (Å²) in [5.74, 6) is -0.685. The maximum absolute atomic E-state index is 14.3. The molecule has 0 radical (unpaired) electrons. The van der Waals surface area contributed by atoms with Crippen molar-refractivity contribution in [2.45, 2.75) is 30.8 Å². The molecule has 1 aromatic carbocycles. The van der Waals surface area contributed by atoms with E-state index in [1.165, 1.54) is 23.4 Å². The van der Waals surface area contributed by atoms with Crippen molar-refractivity contribution < 1.29 is 32.2 Å². The second-order valence-electron chi connectivity index (χ2n) is 6.66. The van der Waals surface area contributed by atoms with E-state index in [0.717, 1.165) is 12.3 Å². The Morgan fingerprint density at radius 3 is 2.48 bits per heavy atom. The number of rotatable bonds is 5. The molecule has 1 aromatic heterocycles. The molecule has 0 atom stereocenters. The van der Waals surface area contributed by atoms with Crippen LogP contribution in [0.25, 0.3) is 0 Å². The van der Waals surface area contributed by atoms with Gasteiger partial charge in [0.15, 0.2) is 21.4 Å². The molecule has 0 bridgehead atoms. The molecule has 0 unspecified atom stereocenters. The second kappa shape index (κ2) is 8.19. The van der Waals surface area contributed by atoms with Gasteiger partial charge >= 0.3 is 6.09 Å².